The van der Waals surface area contributed by atoms with E-state index in [2.05, 4.69) is 0 Å². The Morgan fingerprint density at radius 1 is 1.35 bits per heavy atom. The number of benzene rings is 1. The van der Waals surface area contributed by atoms with Gasteiger partial charge in [-0.2, -0.15) is 0 Å². The first kappa shape index (κ1) is 14.1. The Labute approximate surface area is 111 Å². The number of carbonyl (C=O) groups excluding carboxylic acids is 1. The highest BCUT2D eigenvalue weighted by molar-refractivity contribution is 6.38. The highest BCUT2D eigenvalue weighted by Gasteiger charge is 2.24. The number of carbonyl (C=O) groups is 1. The molecule has 0 aliphatic rings. The summed E-state index contributed by atoms with van der Waals surface area (Å²) in [5.41, 5.74) is 6.15. The van der Waals surface area contributed by atoms with Crippen molar-refractivity contribution in [1.82, 2.24) is 0 Å². The lowest BCUT2D eigenvalue weighted by molar-refractivity contribution is 0.00709. The quantitative estimate of drug-likeness (QED) is 0.626. The largest absolute Gasteiger partial charge is 0.456 e. The maximum atomic E-state index is 11.9. The number of anilines is 1. The van der Waals surface area contributed by atoms with Gasteiger partial charge in [0, 0.05) is 10.7 Å². The first-order valence-electron chi connectivity index (χ1n) is 5.11. The van der Waals surface area contributed by atoms with Gasteiger partial charge in [0.1, 0.15) is 11.2 Å². The Morgan fingerprint density at radius 3 is 2.35 bits per heavy atom. The Bertz CT molecular complexity index is 465. The van der Waals surface area contributed by atoms with Crippen LogP contribution in [0.5, 0.6) is 0 Å². The summed E-state index contributed by atoms with van der Waals surface area (Å²) in [7, 11) is 0. The molecule has 0 bridgehead atoms. The summed E-state index contributed by atoms with van der Waals surface area (Å²) in [5, 5.41) is 0.670. The van der Waals surface area contributed by atoms with Gasteiger partial charge >= 0.3 is 5.97 Å². The van der Waals surface area contributed by atoms with Gasteiger partial charge in [-0.1, -0.05) is 23.2 Å². The van der Waals surface area contributed by atoms with Crippen LogP contribution in [0.3, 0.4) is 0 Å². The van der Waals surface area contributed by atoms with Gasteiger partial charge in [0.25, 0.3) is 0 Å². The fraction of sp³-hybridized carbons (Fsp3) is 0.417. The van der Waals surface area contributed by atoms with Crippen LogP contribution in [0.4, 0.5) is 5.69 Å². The zero-order valence-electron chi connectivity index (χ0n) is 10.2. The number of nitrogens with two attached hydrogens (primary N) is 1. The molecule has 0 saturated heterocycles. The third kappa shape index (κ3) is 3.27. The van der Waals surface area contributed by atoms with Gasteiger partial charge in [-0.05, 0) is 39.3 Å². The zero-order valence-corrected chi connectivity index (χ0v) is 11.7. The summed E-state index contributed by atoms with van der Waals surface area (Å²) in [5.74, 6) is -0.542. The van der Waals surface area contributed by atoms with Crippen LogP contribution in [0, 0.1) is 6.92 Å². The third-order valence-corrected chi connectivity index (χ3v) is 2.95. The first-order chi connectivity index (χ1) is 7.63. The molecule has 0 saturated carbocycles. The van der Waals surface area contributed by atoms with Crippen molar-refractivity contribution in [3.8, 4) is 0 Å². The van der Waals surface area contributed by atoms with Crippen LogP contribution in [-0.2, 0) is 4.74 Å². The lowest BCUT2D eigenvalue weighted by atomic mass is 10.1. The summed E-state index contributed by atoms with van der Waals surface area (Å²) in [4.78, 5) is 11.9. The fourth-order valence-corrected chi connectivity index (χ4v) is 1.82. The number of nitrogen functional groups attached to an aromatic ring is 1. The van der Waals surface area contributed by atoms with Gasteiger partial charge in [-0.25, -0.2) is 4.79 Å². The highest BCUT2D eigenvalue weighted by atomic mass is 35.5. The minimum absolute atomic E-state index is 0.170. The second-order valence-corrected chi connectivity index (χ2v) is 5.55. The molecule has 0 amide bonds. The number of rotatable bonds is 1. The van der Waals surface area contributed by atoms with Crippen LogP contribution in [-0.4, -0.2) is 11.6 Å². The lowest BCUT2D eigenvalue weighted by Gasteiger charge is -2.21. The van der Waals surface area contributed by atoms with E-state index in [4.69, 9.17) is 33.7 Å². The molecule has 0 radical (unpaired) electrons. The third-order valence-electron chi connectivity index (χ3n) is 2.08. The van der Waals surface area contributed by atoms with E-state index in [1.807, 2.05) is 0 Å². The number of hydrogen-bond donors (Lipinski definition) is 1. The molecule has 0 unspecified atom stereocenters. The van der Waals surface area contributed by atoms with Gasteiger partial charge in [0.05, 0.1) is 5.02 Å². The van der Waals surface area contributed by atoms with Crippen molar-refractivity contribution in [1.29, 1.82) is 0 Å². The Morgan fingerprint density at radius 2 is 1.88 bits per heavy atom. The van der Waals surface area contributed by atoms with Crippen molar-refractivity contribution in [3.05, 3.63) is 27.2 Å². The van der Waals surface area contributed by atoms with Gasteiger partial charge in [0.15, 0.2) is 0 Å². The summed E-state index contributed by atoms with van der Waals surface area (Å²) in [6.07, 6.45) is 0. The maximum absolute atomic E-state index is 11.9. The molecular formula is C12H15Cl2NO2. The molecule has 3 nitrogen and oxygen atoms in total. The van der Waals surface area contributed by atoms with Crippen LogP contribution in [0.15, 0.2) is 6.07 Å². The smallest absolute Gasteiger partial charge is 0.342 e. The molecular weight excluding hydrogens is 261 g/mol. The molecule has 1 rings (SSSR count). The molecule has 5 heteroatoms. The fourth-order valence-electron chi connectivity index (χ4n) is 1.27. The van der Waals surface area contributed by atoms with Crippen LogP contribution in [0.1, 0.15) is 36.7 Å². The topological polar surface area (TPSA) is 52.3 Å². The average molecular weight is 276 g/mol. The number of hydrogen-bond acceptors (Lipinski definition) is 3. The van der Waals surface area contributed by atoms with Crippen LogP contribution < -0.4 is 5.73 Å². The molecule has 0 atom stereocenters. The van der Waals surface area contributed by atoms with Gasteiger partial charge in [-0.15, -0.1) is 0 Å². The normalized spacial score (nSPS) is 11.4. The Balaban J connectivity index is 3.24. The molecule has 94 valence electrons. The van der Waals surface area contributed by atoms with Crippen LogP contribution >= 0.6 is 23.2 Å². The summed E-state index contributed by atoms with van der Waals surface area (Å²) < 4.78 is 5.23. The van der Waals surface area contributed by atoms with Crippen molar-refractivity contribution >= 4 is 34.9 Å². The molecule has 0 aromatic heterocycles. The molecule has 2 N–H and O–H groups in total. The summed E-state index contributed by atoms with van der Waals surface area (Å²) >= 11 is 12.0. The van der Waals surface area contributed by atoms with Crippen LogP contribution in [0.2, 0.25) is 10.0 Å². The molecule has 1 aromatic carbocycles. The minimum Gasteiger partial charge on any atom is -0.456 e. The molecule has 0 aliphatic carbocycles. The second kappa shape index (κ2) is 4.75. The summed E-state index contributed by atoms with van der Waals surface area (Å²) in [6, 6.07) is 1.50. The lowest BCUT2D eigenvalue weighted by Crippen LogP contribution is -2.24. The van der Waals surface area contributed by atoms with Crippen LogP contribution in [0.25, 0.3) is 0 Å². The van der Waals surface area contributed by atoms with E-state index >= 15 is 0 Å². The van der Waals surface area contributed by atoms with E-state index < -0.39 is 11.6 Å². The second-order valence-electron chi connectivity index (χ2n) is 4.76. The maximum Gasteiger partial charge on any atom is 0.342 e. The average Bonchev–Trinajstić information content (AvgIpc) is 2.11. The standard InChI is InChI=1S/C12H15Cl2NO2/c1-6-7(13)5-8(15)9(10(6)14)11(16)17-12(2,3)4/h5H,15H2,1-4H3. The Hall–Kier alpha value is -0.930. The van der Waals surface area contributed by atoms with Gasteiger partial charge < -0.3 is 10.5 Å². The van der Waals surface area contributed by atoms with Crippen molar-refractivity contribution in [2.75, 3.05) is 5.73 Å². The molecule has 0 fully saturated rings. The molecule has 0 aliphatic heterocycles. The van der Waals surface area contributed by atoms with E-state index in [9.17, 15) is 4.79 Å². The number of ether oxygens (including phenoxy) is 1. The van der Waals surface area contributed by atoms with Crippen molar-refractivity contribution < 1.29 is 9.53 Å². The molecule has 17 heavy (non-hydrogen) atoms. The van der Waals surface area contributed by atoms with Crippen molar-refractivity contribution in [3.63, 3.8) is 0 Å². The first-order valence-corrected chi connectivity index (χ1v) is 5.86. The minimum atomic E-state index is -0.597. The zero-order chi connectivity index (χ0) is 13.4. The van der Waals surface area contributed by atoms with E-state index in [-0.39, 0.29) is 16.3 Å². The van der Waals surface area contributed by atoms with E-state index in [0.29, 0.717) is 10.6 Å². The molecule has 0 heterocycles. The predicted molar refractivity (Wildman–Crippen MR) is 70.8 cm³/mol. The number of halogens is 2. The molecule has 1 aromatic rings. The molecule has 0 spiro atoms. The van der Waals surface area contributed by atoms with Crippen molar-refractivity contribution in [2.45, 2.75) is 33.3 Å². The van der Waals surface area contributed by atoms with Crippen molar-refractivity contribution in [2.24, 2.45) is 0 Å². The monoisotopic (exact) mass is 275 g/mol. The summed E-state index contributed by atoms with van der Waals surface area (Å²) in [6.45, 7) is 7.05. The SMILES string of the molecule is Cc1c(Cl)cc(N)c(C(=O)OC(C)(C)C)c1Cl. The van der Waals surface area contributed by atoms with E-state index in [1.54, 1.807) is 27.7 Å². The van der Waals surface area contributed by atoms with Gasteiger partial charge in [0.2, 0.25) is 0 Å². The van der Waals surface area contributed by atoms with E-state index in [0.717, 1.165) is 0 Å². The Kier molecular flexibility index (Phi) is 3.95. The highest BCUT2D eigenvalue weighted by Crippen LogP contribution is 2.33. The predicted octanol–water partition coefficient (Wildman–Crippen LogP) is 3.84. The van der Waals surface area contributed by atoms with Gasteiger partial charge in [-0.3, -0.25) is 0 Å². The van der Waals surface area contributed by atoms with E-state index in [1.165, 1.54) is 6.07 Å². The number of esters is 1.